The molecule has 0 bridgehead atoms. The lowest BCUT2D eigenvalue weighted by atomic mass is 9.85. The fourth-order valence-electron chi connectivity index (χ4n) is 1.87. The van der Waals surface area contributed by atoms with Gasteiger partial charge in [-0.15, -0.1) is 0 Å². The Bertz CT molecular complexity index is 147. The molecule has 0 unspecified atom stereocenters. The van der Waals surface area contributed by atoms with Crippen LogP contribution in [-0.4, -0.2) is 18.0 Å². The van der Waals surface area contributed by atoms with Crippen LogP contribution in [0.3, 0.4) is 0 Å². The first kappa shape index (κ1) is 7.20. The van der Waals surface area contributed by atoms with Gasteiger partial charge >= 0.3 is 0 Å². The molecule has 0 N–H and O–H groups in total. The lowest BCUT2D eigenvalue weighted by Crippen LogP contribution is -2.30. The molecule has 1 nitrogen and oxygen atoms in total. The van der Waals surface area contributed by atoms with Crippen LogP contribution in [0.2, 0.25) is 0 Å². The zero-order chi connectivity index (χ0) is 7.52. The minimum atomic E-state index is 1.03. The van der Waals surface area contributed by atoms with E-state index in [1.54, 1.807) is 0 Å². The Hall–Kier alpha value is -0.460. The van der Waals surface area contributed by atoms with E-state index >= 15 is 0 Å². The molecule has 1 heterocycles. The Morgan fingerprint density at radius 3 is 2.73 bits per heavy atom. The second-order valence-corrected chi connectivity index (χ2v) is 3.82. The molecule has 0 atom stereocenters. The quantitative estimate of drug-likeness (QED) is 0.585. The first-order valence-corrected chi connectivity index (χ1v) is 4.86. The van der Waals surface area contributed by atoms with Crippen molar-refractivity contribution >= 4 is 0 Å². The third kappa shape index (κ3) is 1.76. The van der Waals surface area contributed by atoms with E-state index in [2.05, 4.69) is 17.2 Å². The smallest absolute Gasteiger partial charge is 0.0200 e. The molecule has 1 aliphatic carbocycles. The second kappa shape index (κ2) is 3.29. The summed E-state index contributed by atoms with van der Waals surface area (Å²) < 4.78 is 0. The van der Waals surface area contributed by atoms with Gasteiger partial charge in [0.15, 0.2) is 0 Å². The van der Waals surface area contributed by atoms with Crippen LogP contribution in [0, 0.1) is 5.92 Å². The molecule has 1 heteroatoms. The molecule has 0 radical (unpaired) electrons. The van der Waals surface area contributed by atoms with Crippen LogP contribution in [0.15, 0.2) is 12.3 Å². The van der Waals surface area contributed by atoms with Crippen molar-refractivity contribution in [1.29, 1.82) is 0 Å². The highest BCUT2D eigenvalue weighted by Gasteiger charge is 2.19. The van der Waals surface area contributed by atoms with E-state index < -0.39 is 0 Å². The summed E-state index contributed by atoms with van der Waals surface area (Å²) >= 11 is 0. The highest BCUT2D eigenvalue weighted by Crippen LogP contribution is 2.27. The predicted octanol–water partition coefficient (Wildman–Crippen LogP) is 2.40. The van der Waals surface area contributed by atoms with Gasteiger partial charge in [0, 0.05) is 13.1 Å². The maximum Gasteiger partial charge on any atom is 0.0200 e. The molecule has 2 rings (SSSR count). The van der Waals surface area contributed by atoms with Crippen LogP contribution in [-0.2, 0) is 0 Å². The SMILES string of the molecule is C1=CN(CC2CCC2)CCC1. The Morgan fingerprint density at radius 2 is 2.18 bits per heavy atom. The van der Waals surface area contributed by atoms with Crippen LogP contribution in [0.5, 0.6) is 0 Å². The van der Waals surface area contributed by atoms with Crippen LogP contribution in [0.25, 0.3) is 0 Å². The average molecular weight is 151 g/mol. The number of hydrogen-bond acceptors (Lipinski definition) is 1. The molecule has 11 heavy (non-hydrogen) atoms. The summed E-state index contributed by atoms with van der Waals surface area (Å²) in [5, 5.41) is 0. The number of allylic oxidation sites excluding steroid dienone is 1. The summed E-state index contributed by atoms with van der Waals surface area (Å²) in [7, 11) is 0. The first-order valence-electron chi connectivity index (χ1n) is 4.86. The predicted molar refractivity (Wildman–Crippen MR) is 47.3 cm³/mol. The molecule has 1 saturated carbocycles. The maximum absolute atomic E-state index is 2.49. The molecule has 0 spiro atoms. The van der Waals surface area contributed by atoms with Gasteiger partial charge in [0.25, 0.3) is 0 Å². The fraction of sp³-hybridized carbons (Fsp3) is 0.800. The second-order valence-electron chi connectivity index (χ2n) is 3.82. The lowest BCUT2D eigenvalue weighted by Gasteiger charge is -2.32. The molecule has 0 aromatic carbocycles. The van der Waals surface area contributed by atoms with Gasteiger partial charge in [-0.3, -0.25) is 0 Å². The lowest BCUT2D eigenvalue weighted by molar-refractivity contribution is 0.217. The van der Waals surface area contributed by atoms with Crippen molar-refractivity contribution < 1.29 is 0 Å². The third-order valence-corrected chi connectivity index (χ3v) is 2.85. The zero-order valence-corrected chi connectivity index (χ0v) is 7.13. The minimum absolute atomic E-state index is 1.03. The van der Waals surface area contributed by atoms with Gasteiger partial charge in [-0.05, 0) is 37.8 Å². The molecular formula is C10H17N. The molecule has 2 aliphatic rings. The number of hydrogen-bond donors (Lipinski definition) is 0. The van der Waals surface area contributed by atoms with Crippen LogP contribution in [0.4, 0.5) is 0 Å². The van der Waals surface area contributed by atoms with Gasteiger partial charge in [0.1, 0.15) is 0 Å². The highest BCUT2D eigenvalue weighted by atomic mass is 15.1. The van der Waals surface area contributed by atoms with Gasteiger partial charge in [-0.1, -0.05) is 12.5 Å². The van der Waals surface area contributed by atoms with Crippen molar-refractivity contribution in [2.24, 2.45) is 5.92 Å². The summed E-state index contributed by atoms with van der Waals surface area (Å²) in [6.07, 6.45) is 11.7. The van der Waals surface area contributed by atoms with E-state index in [1.807, 2.05) is 0 Å². The van der Waals surface area contributed by atoms with Gasteiger partial charge in [0.05, 0.1) is 0 Å². The molecule has 1 aliphatic heterocycles. The van der Waals surface area contributed by atoms with Gasteiger partial charge < -0.3 is 4.90 Å². The summed E-state index contributed by atoms with van der Waals surface area (Å²) in [4.78, 5) is 2.49. The van der Waals surface area contributed by atoms with E-state index in [1.165, 1.54) is 45.2 Å². The molecule has 0 amide bonds. The summed E-state index contributed by atoms with van der Waals surface area (Å²) in [6, 6.07) is 0. The van der Waals surface area contributed by atoms with E-state index in [0.717, 1.165) is 5.92 Å². The Balaban J connectivity index is 1.75. The van der Waals surface area contributed by atoms with Crippen molar-refractivity contribution in [3.63, 3.8) is 0 Å². The Labute approximate surface area is 69.1 Å². The fourth-order valence-corrected chi connectivity index (χ4v) is 1.87. The van der Waals surface area contributed by atoms with Crippen molar-refractivity contribution in [3.8, 4) is 0 Å². The van der Waals surface area contributed by atoms with Crippen molar-refractivity contribution in [2.75, 3.05) is 13.1 Å². The minimum Gasteiger partial charge on any atom is -0.377 e. The molecule has 1 fully saturated rings. The number of nitrogens with zero attached hydrogens (tertiary/aromatic N) is 1. The highest BCUT2D eigenvalue weighted by molar-refractivity contribution is 4.89. The van der Waals surface area contributed by atoms with Crippen molar-refractivity contribution in [1.82, 2.24) is 4.90 Å². The summed E-state index contributed by atoms with van der Waals surface area (Å²) in [5.41, 5.74) is 0. The first-order chi connectivity index (χ1) is 5.45. The molecule has 0 aromatic heterocycles. The van der Waals surface area contributed by atoms with Crippen molar-refractivity contribution in [2.45, 2.75) is 32.1 Å². The molecule has 62 valence electrons. The average Bonchev–Trinajstić information content (AvgIpc) is 1.99. The molecule has 0 saturated heterocycles. The Morgan fingerprint density at radius 1 is 1.27 bits per heavy atom. The normalized spacial score (nSPS) is 25.3. The summed E-state index contributed by atoms with van der Waals surface area (Å²) in [5.74, 6) is 1.03. The maximum atomic E-state index is 2.49. The Kier molecular flexibility index (Phi) is 2.16. The molecule has 0 aromatic rings. The van der Waals surface area contributed by atoms with E-state index in [-0.39, 0.29) is 0 Å². The van der Waals surface area contributed by atoms with E-state index in [0.29, 0.717) is 0 Å². The van der Waals surface area contributed by atoms with Crippen LogP contribution in [0.1, 0.15) is 32.1 Å². The van der Waals surface area contributed by atoms with E-state index in [9.17, 15) is 0 Å². The summed E-state index contributed by atoms with van der Waals surface area (Å²) in [6.45, 7) is 2.63. The zero-order valence-electron chi connectivity index (χ0n) is 7.13. The monoisotopic (exact) mass is 151 g/mol. The van der Waals surface area contributed by atoms with E-state index in [4.69, 9.17) is 0 Å². The standard InChI is InChI=1S/C10H17N/c1-2-7-11(8-3-1)9-10-5-4-6-10/h2,7,10H,1,3-6,8-9H2. The molecular weight excluding hydrogens is 134 g/mol. The van der Waals surface area contributed by atoms with Gasteiger partial charge in [-0.2, -0.15) is 0 Å². The topological polar surface area (TPSA) is 3.24 Å². The van der Waals surface area contributed by atoms with Crippen molar-refractivity contribution in [3.05, 3.63) is 12.3 Å². The van der Waals surface area contributed by atoms with Gasteiger partial charge in [0.2, 0.25) is 0 Å². The van der Waals surface area contributed by atoms with Gasteiger partial charge in [-0.25, -0.2) is 0 Å². The van der Waals surface area contributed by atoms with Crippen LogP contribution >= 0.6 is 0 Å². The number of rotatable bonds is 2. The van der Waals surface area contributed by atoms with Crippen LogP contribution < -0.4 is 0 Å². The largest absolute Gasteiger partial charge is 0.377 e. The third-order valence-electron chi connectivity index (χ3n) is 2.85.